The molecular weight excluding hydrogens is 259 g/mol. The fourth-order valence-electron chi connectivity index (χ4n) is 2.00. The van der Waals surface area contributed by atoms with Crippen molar-refractivity contribution in [2.75, 3.05) is 11.5 Å². The number of pyridine rings is 1. The standard InChI is InChI=1S/C11H13FN2O3S/c1-11(3-5-18(16,17)7-11)14-10(15)8-2-4-13-9(12)6-8/h2,4,6H,3,5,7H2,1H3,(H,14,15). The second kappa shape index (κ2) is 4.31. The minimum absolute atomic E-state index is 0.0640. The largest absolute Gasteiger partial charge is 0.346 e. The number of carbonyl (C=O) groups is 1. The predicted molar refractivity (Wildman–Crippen MR) is 63.3 cm³/mol. The molecule has 1 amide bonds. The van der Waals surface area contributed by atoms with Crippen LogP contribution in [-0.2, 0) is 9.84 Å². The molecule has 0 radical (unpaired) electrons. The first-order valence-corrected chi connectivity index (χ1v) is 7.26. The highest BCUT2D eigenvalue weighted by Crippen LogP contribution is 2.23. The third-order valence-corrected chi connectivity index (χ3v) is 4.81. The normalized spacial score (nSPS) is 25.9. The molecule has 2 rings (SSSR count). The second-order valence-corrected chi connectivity index (χ2v) is 6.91. The van der Waals surface area contributed by atoms with Gasteiger partial charge in [-0.15, -0.1) is 0 Å². The first-order valence-electron chi connectivity index (χ1n) is 5.44. The molecule has 1 aliphatic heterocycles. The van der Waals surface area contributed by atoms with Crippen molar-refractivity contribution in [3.05, 3.63) is 29.8 Å². The van der Waals surface area contributed by atoms with Crippen molar-refractivity contribution in [2.24, 2.45) is 0 Å². The third kappa shape index (κ3) is 2.84. The van der Waals surface area contributed by atoms with Crippen LogP contribution in [0.5, 0.6) is 0 Å². The molecule has 0 aromatic carbocycles. The Morgan fingerprint density at radius 1 is 1.56 bits per heavy atom. The number of rotatable bonds is 2. The van der Waals surface area contributed by atoms with Crippen molar-refractivity contribution in [2.45, 2.75) is 18.9 Å². The van der Waals surface area contributed by atoms with E-state index in [1.807, 2.05) is 0 Å². The molecule has 0 spiro atoms. The molecule has 2 heterocycles. The van der Waals surface area contributed by atoms with E-state index >= 15 is 0 Å². The summed E-state index contributed by atoms with van der Waals surface area (Å²) in [7, 11) is -3.09. The van der Waals surface area contributed by atoms with Crippen LogP contribution in [0.3, 0.4) is 0 Å². The average molecular weight is 272 g/mol. The van der Waals surface area contributed by atoms with Gasteiger partial charge in [-0.2, -0.15) is 4.39 Å². The lowest BCUT2D eigenvalue weighted by Gasteiger charge is -2.23. The molecule has 0 bridgehead atoms. The van der Waals surface area contributed by atoms with Gasteiger partial charge in [0.25, 0.3) is 5.91 Å². The van der Waals surface area contributed by atoms with Gasteiger partial charge in [-0.25, -0.2) is 13.4 Å². The molecule has 1 aliphatic rings. The van der Waals surface area contributed by atoms with Crippen molar-refractivity contribution >= 4 is 15.7 Å². The van der Waals surface area contributed by atoms with E-state index in [4.69, 9.17) is 0 Å². The Hall–Kier alpha value is -1.50. The number of hydrogen-bond donors (Lipinski definition) is 1. The van der Waals surface area contributed by atoms with E-state index in [-0.39, 0.29) is 17.1 Å². The molecule has 7 heteroatoms. The van der Waals surface area contributed by atoms with Gasteiger partial charge in [0, 0.05) is 17.8 Å². The van der Waals surface area contributed by atoms with Gasteiger partial charge >= 0.3 is 0 Å². The molecule has 0 saturated carbocycles. The van der Waals surface area contributed by atoms with E-state index in [1.54, 1.807) is 6.92 Å². The van der Waals surface area contributed by atoms with Crippen LogP contribution in [-0.4, -0.2) is 36.4 Å². The van der Waals surface area contributed by atoms with E-state index < -0.39 is 27.2 Å². The molecule has 1 saturated heterocycles. The summed E-state index contributed by atoms with van der Waals surface area (Å²) < 4.78 is 35.7. The van der Waals surface area contributed by atoms with E-state index in [0.29, 0.717) is 6.42 Å². The first-order chi connectivity index (χ1) is 8.30. The number of carbonyl (C=O) groups excluding carboxylic acids is 1. The fourth-order valence-corrected chi connectivity index (χ4v) is 4.09. The summed E-state index contributed by atoms with van der Waals surface area (Å²) in [5.74, 6) is -1.25. The fraction of sp³-hybridized carbons (Fsp3) is 0.455. The number of hydrogen-bond acceptors (Lipinski definition) is 4. The molecular formula is C11H13FN2O3S. The zero-order valence-electron chi connectivity index (χ0n) is 9.81. The summed E-state index contributed by atoms with van der Waals surface area (Å²) in [6, 6.07) is 2.40. The maximum absolute atomic E-state index is 12.9. The molecule has 1 atom stereocenters. The highest BCUT2D eigenvalue weighted by Gasteiger charge is 2.39. The number of aromatic nitrogens is 1. The summed E-state index contributed by atoms with van der Waals surface area (Å²) in [6.07, 6.45) is 1.56. The number of amides is 1. The van der Waals surface area contributed by atoms with Gasteiger partial charge in [-0.1, -0.05) is 0 Å². The minimum atomic E-state index is -3.09. The number of nitrogens with zero attached hydrogens (tertiary/aromatic N) is 1. The van der Waals surface area contributed by atoms with Crippen LogP contribution < -0.4 is 5.32 Å². The number of nitrogens with one attached hydrogen (secondary N) is 1. The van der Waals surface area contributed by atoms with Gasteiger partial charge in [-0.05, 0) is 19.4 Å². The Kier molecular flexibility index (Phi) is 3.10. The van der Waals surface area contributed by atoms with Crippen molar-refractivity contribution in [1.29, 1.82) is 0 Å². The lowest BCUT2D eigenvalue weighted by Crippen LogP contribution is -2.46. The van der Waals surface area contributed by atoms with Crippen LogP contribution in [0.4, 0.5) is 4.39 Å². The molecule has 0 aliphatic carbocycles. The smallest absolute Gasteiger partial charge is 0.251 e. The molecule has 98 valence electrons. The van der Waals surface area contributed by atoms with Gasteiger partial charge < -0.3 is 5.32 Å². The predicted octanol–water partition coefficient (Wildman–Crippen LogP) is 0.528. The highest BCUT2D eigenvalue weighted by atomic mass is 32.2. The van der Waals surface area contributed by atoms with Gasteiger partial charge in [-0.3, -0.25) is 4.79 Å². The maximum atomic E-state index is 12.9. The quantitative estimate of drug-likeness (QED) is 0.797. The summed E-state index contributed by atoms with van der Waals surface area (Å²) in [5, 5.41) is 2.64. The highest BCUT2D eigenvalue weighted by molar-refractivity contribution is 7.91. The van der Waals surface area contributed by atoms with Crippen LogP contribution in [0.1, 0.15) is 23.7 Å². The van der Waals surface area contributed by atoms with Crippen LogP contribution in [0, 0.1) is 5.95 Å². The Morgan fingerprint density at radius 3 is 2.83 bits per heavy atom. The molecule has 1 aromatic rings. The monoisotopic (exact) mass is 272 g/mol. The first kappa shape index (κ1) is 12.9. The summed E-state index contributed by atoms with van der Waals surface area (Å²) in [6.45, 7) is 1.67. The number of halogens is 1. The van der Waals surface area contributed by atoms with Gasteiger partial charge in [0.1, 0.15) is 0 Å². The van der Waals surface area contributed by atoms with Crippen molar-refractivity contribution in [1.82, 2.24) is 10.3 Å². The van der Waals surface area contributed by atoms with Crippen LogP contribution in [0.25, 0.3) is 0 Å². The van der Waals surface area contributed by atoms with Gasteiger partial charge in [0.2, 0.25) is 5.95 Å². The van der Waals surface area contributed by atoms with Crippen molar-refractivity contribution in [3.63, 3.8) is 0 Å². The second-order valence-electron chi connectivity index (χ2n) is 4.72. The Morgan fingerprint density at radius 2 is 2.28 bits per heavy atom. The Bertz CT molecular complexity index is 588. The Labute approximate surface area is 104 Å². The molecule has 1 aromatic heterocycles. The summed E-state index contributed by atoms with van der Waals surface area (Å²) in [5.41, 5.74) is -0.650. The Balaban J connectivity index is 2.13. The third-order valence-electron chi connectivity index (χ3n) is 2.91. The maximum Gasteiger partial charge on any atom is 0.251 e. The van der Waals surface area contributed by atoms with Crippen LogP contribution in [0.2, 0.25) is 0 Å². The lowest BCUT2D eigenvalue weighted by molar-refractivity contribution is 0.0914. The molecule has 1 N–H and O–H groups in total. The van der Waals surface area contributed by atoms with Crippen LogP contribution >= 0.6 is 0 Å². The molecule has 1 unspecified atom stereocenters. The van der Waals surface area contributed by atoms with Gasteiger partial charge in [0.05, 0.1) is 17.0 Å². The molecule has 5 nitrogen and oxygen atoms in total. The number of sulfone groups is 1. The molecule has 18 heavy (non-hydrogen) atoms. The zero-order valence-corrected chi connectivity index (χ0v) is 10.6. The SMILES string of the molecule is CC1(NC(=O)c2ccnc(F)c2)CCS(=O)(=O)C1. The topological polar surface area (TPSA) is 76.1 Å². The van der Waals surface area contributed by atoms with E-state index in [0.717, 1.165) is 6.07 Å². The molecule has 1 fully saturated rings. The minimum Gasteiger partial charge on any atom is -0.346 e. The van der Waals surface area contributed by atoms with Crippen molar-refractivity contribution in [3.8, 4) is 0 Å². The zero-order chi connectivity index (χ0) is 13.4. The van der Waals surface area contributed by atoms with E-state index in [1.165, 1.54) is 12.3 Å². The van der Waals surface area contributed by atoms with Gasteiger partial charge in [0.15, 0.2) is 9.84 Å². The summed E-state index contributed by atoms with van der Waals surface area (Å²) in [4.78, 5) is 15.2. The average Bonchev–Trinajstić information content (AvgIpc) is 2.52. The van der Waals surface area contributed by atoms with Crippen molar-refractivity contribution < 1.29 is 17.6 Å². The summed E-state index contributed by atoms with van der Waals surface area (Å²) >= 11 is 0. The van der Waals surface area contributed by atoms with Crippen LogP contribution in [0.15, 0.2) is 18.3 Å². The lowest BCUT2D eigenvalue weighted by atomic mass is 10.0. The van der Waals surface area contributed by atoms with E-state index in [9.17, 15) is 17.6 Å². The van der Waals surface area contributed by atoms with E-state index in [2.05, 4.69) is 10.3 Å².